The molecule has 0 heterocycles. The highest BCUT2D eigenvalue weighted by atomic mass is 16.6. The summed E-state index contributed by atoms with van der Waals surface area (Å²) in [4.78, 5) is 22.8. The van der Waals surface area contributed by atoms with Gasteiger partial charge in [0.1, 0.15) is 0 Å². The smallest absolute Gasteiger partial charge is 0.354 e. The number of carbonyl (C=O) groups is 2. The molecule has 84 valence electrons. The first kappa shape index (κ1) is 11.7. The molecule has 0 aromatic rings. The molecule has 1 rings (SSSR count). The molecule has 0 aromatic carbocycles. The number of rotatable bonds is 3. The highest BCUT2D eigenvalue weighted by Gasteiger charge is 2.50. The number of esters is 2. The number of hydrogen-bond acceptors (Lipinski definition) is 5. The van der Waals surface area contributed by atoms with Crippen molar-refractivity contribution in [3.8, 4) is 0 Å². The van der Waals surface area contributed by atoms with Crippen LogP contribution in [0.2, 0.25) is 0 Å². The van der Waals surface area contributed by atoms with Crippen LogP contribution in [0, 0.1) is 0 Å². The van der Waals surface area contributed by atoms with Crippen LogP contribution in [0.25, 0.3) is 0 Å². The lowest BCUT2D eigenvalue weighted by molar-refractivity contribution is -0.175. The average molecular weight is 214 g/mol. The second-order valence-electron chi connectivity index (χ2n) is 3.32. The molecule has 0 saturated heterocycles. The molecule has 1 aliphatic carbocycles. The molecule has 5 heteroatoms. The number of allylic oxidation sites excluding steroid dienone is 1. The van der Waals surface area contributed by atoms with Crippen LogP contribution < -0.4 is 0 Å². The van der Waals surface area contributed by atoms with Gasteiger partial charge in [-0.05, 0) is 24.8 Å². The predicted molar refractivity (Wildman–Crippen MR) is 50.9 cm³/mol. The van der Waals surface area contributed by atoms with Crippen LogP contribution in [0.15, 0.2) is 11.6 Å². The van der Waals surface area contributed by atoms with Crippen molar-refractivity contribution in [1.82, 2.24) is 0 Å². The fraction of sp³-hybridized carbons (Fsp3) is 0.600. The Morgan fingerprint density at radius 3 is 2.20 bits per heavy atom. The van der Waals surface area contributed by atoms with Gasteiger partial charge in [-0.3, -0.25) is 0 Å². The van der Waals surface area contributed by atoms with Crippen LogP contribution >= 0.6 is 0 Å². The van der Waals surface area contributed by atoms with Crippen LogP contribution in [0.1, 0.15) is 19.3 Å². The molecular weight excluding hydrogens is 200 g/mol. The fourth-order valence-corrected chi connectivity index (χ4v) is 1.64. The molecule has 0 bridgehead atoms. The van der Waals surface area contributed by atoms with Crippen LogP contribution in [0.3, 0.4) is 0 Å². The highest BCUT2D eigenvalue weighted by Crippen LogP contribution is 2.30. The second-order valence-corrected chi connectivity index (χ2v) is 3.32. The molecule has 5 nitrogen and oxygen atoms in total. The molecule has 0 unspecified atom stereocenters. The summed E-state index contributed by atoms with van der Waals surface area (Å²) in [6.45, 7) is 0. The highest BCUT2D eigenvalue weighted by molar-refractivity contribution is 6.07. The Balaban J connectivity index is 3.05. The van der Waals surface area contributed by atoms with Gasteiger partial charge >= 0.3 is 11.9 Å². The summed E-state index contributed by atoms with van der Waals surface area (Å²) < 4.78 is 8.84. The Kier molecular flexibility index (Phi) is 3.47. The van der Waals surface area contributed by atoms with Gasteiger partial charge in [-0.1, -0.05) is 6.08 Å². The minimum absolute atomic E-state index is 0.362. The third kappa shape index (κ3) is 1.87. The molecule has 1 N–H and O–H groups in total. The predicted octanol–water partition coefficient (Wildman–Crippen LogP) is 0.174. The minimum Gasteiger partial charge on any atom is -0.466 e. The lowest BCUT2D eigenvalue weighted by atomic mass is 9.93. The van der Waals surface area contributed by atoms with Gasteiger partial charge in [-0.25, -0.2) is 9.59 Å². The summed E-state index contributed by atoms with van der Waals surface area (Å²) in [5, 5.41) is 10.0. The first-order valence-electron chi connectivity index (χ1n) is 4.66. The van der Waals surface area contributed by atoms with Gasteiger partial charge in [0, 0.05) is 0 Å². The molecule has 0 amide bonds. The Morgan fingerprint density at radius 1 is 1.33 bits per heavy atom. The maximum Gasteiger partial charge on any atom is 0.354 e. The monoisotopic (exact) mass is 214 g/mol. The lowest BCUT2D eigenvalue weighted by Crippen LogP contribution is -2.49. The summed E-state index contributed by atoms with van der Waals surface area (Å²) in [5.41, 5.74) is -1.90. The summed E-state index contributed by atoms with van der Waals surface area (Å²) in [6.07, 6.45) is 3.73. The number of aliphatic hydroxyl groups is 1. The van der Waals surface area contributed by atoms with Gasteiger partial charge in [-0.2, -0.15) is 0 Å². The van der Waals surface area contributed by atoms with Crippen molar-refractivity contribution in [3.05, 3.63) is 11.6 Å². The first-order chi connectivity index (χ1) is 7.07. The number of methoxy groups -OCH3 is 2. The third-order valence-corrected chi connectivity index (χ3v) is 2.47. The van der Waals surface area contributed by atoms with E-state index in [1.165, 1.54) is 0 Å². The first-order valence-corrected chi connectivity index (χ1v) is 4.66. The van der Waals surface area contributed by atoms with E-state index in [1.54, 1.807) is 6.08 Å². The van der Waals surface area contributed by atoms with E-state index in [4.69, 9.17) is 0 Å². The Morgan fingerprint density at radius 2 is 1.87 bits per heavy atom. The number of carbonyl (C=O) groups excluding carboxylic acids is 2. The molecule has 15 heavy (non-hydrogen) atoms. The Labute approximate surface area is 87.7 Å². The molecule has 0 saturated carbocycles. The second kappa shape index (κ2) is 4.44. The van der Waals surface area contributed by atoms with Gasteiger partial charge in [0.15, 0.2) is 0 Å². The Hall–Kier alpha value is -1.36. The molecular formula is C10H14O5. The Bertz CT molecular complexity index is 289. The van der Waals surface area contributed by atoms with E-state index < -0.39 is 17.5 Å². The van der Waals surface area contributed by atoms with E-state index in [1.807, 2.05) is 0 Å². The summed E-state index contributed by atoms with van der Waals surface area (Å²) in [5.74, 6) is -2.00. The van der Waals surface area contributed by atoms with Gasteiger partial charge in [0.05, 0.1) is 14.2 Å². The maximum absolute atomic E-state index is 11.4. The van der Waals surface area contributed by atoms with E-state index >= 15 is 0 Å². The van der Waals surface area contributed by atoms with Crippen molar-refractivity contribution < 1.29 is 24.2 Å². The van der Waals surface area contributed by atoms with E-state index in [2.05, 4.69) is 9.47 Å². The van der Waals surface area contributed by atoms with Crippen molar-refractivity contribution in [1.29, 1.82) is 0 Å². The van der Waals surface area contributed by atoms with Crippen molar-refractivity contribution in [2.24, 2.45) is 0 Å². The molecule has 0 aliphatic heterocycles. The SMILES string of the molecule is COC(=O)C(O)(C(=O)OC)C1=CCCC1. The van der Waals surface area contributed by atoms with Crippen molar-refractivity contribution in [2.75, 3.05) is 14.2 Å². The van der Waals surface area contributed by atoms with Gasteiger partial charge in [0.2, 0.25) is 0 Å². The van der Waals surface area contributed by atoms with Crippen LogP contribution in [-0.2, 0) is 19.1 Å². The zero-order valence-corrected chi connectivity index (χ0v) is 8.78. The van der Waals surface area contributed by atoms with Gasteiger partial charge in [0.25, 0.3) is 5.60 Å². The molecule has 0 fully saturated rings. The molecule has 0 atom stereocenters. The number of hydrogen-bond donors (Lipinski definition) is 1. The third-order valence-electron chi connectivity index (χ3n) is 2.47. The summed E-state index contributed by atoms with van der Waals surface area (Å²) in [7, 11) is 2.23. The average Bonchev–Trinajstić information content (AvgIpc) is 2.79. The summed E-state index contributed by atoms with van der Waals surface area (Å²) in [6, 6.07) is 0. The van der Waals surface area contributed by atoms with Crippen molar-refractivity contribution in [2.45, 2.75) is 24.9 Å². The quantitative estimate of drug-likeness (QED) is 0.412. The minimum atomic E-state index is -2.26. The largest absolute Gasteiger partial charge is 0.466 e. The number of ether oxygens (including phenoxy) is 2. The van der Waals surface area contributed by atoms with Crippen molar-refractivity contribution in [3.63, 3.8) is 0 Å². The van der Waals surface area contributed by atoms with E-state index in [-0.39, 0.29) is 0 Å². The molecule has 1 aliphatic rings. The zero-order valence-electron chi connectivity index (χ0n) is 8.78. The van der Waals surface area contributed by atoms with E-state index in [0.29, 0.717) is 12.0 Å². The van der Waals surface area contributed by atoms with Crippen LogP contribution in [0.5, 0.6) is 0 Å². The van der Waals surface area contributed by atoms with E-state index in [9.17, 15) is 14.7 Å². The molecule has 0 radical (unpaired) electrons. The standard InChI is InChI=1S/C10H14O5/c1-14-8(11)10(13,9(12)15-2)7-5-3-4-6-7/h5,13H,3-4,6H2,1-2H3. The van der Waals surface area contributed by atoms with Crippen molar-refractivity contribution >= 4 is 11.9 Å². The zero-order chi connectivity index (χ0) is 11.5. The normalized spacial score (nSPS) is 15.8. The van der Waals surface area contributed by atoms with Crippen LogP contribution in [-0.4, -0.2) is 36.9 Å². The molecule has 0 aromatic heterocycles. The topological polar surface area (TPSA) is 72.8 Å². The molecule has 0 spiro atoms. The van der Waals surface area contributed by atoms with E-state index in [0.717, 1.165) is 27.1 Å². The lowest BCUT2D eigenvalue weighted by Gasteiger charge is -2.23. The summed E-state index contributed by atoms with van der Waals surface area (Å²) >= 11 is 0. The van der Waals surface area contributed by atoms with Gasteiger partial charge < -0.3 is 14.6 Å². The fourth-order valence-electron chi connectivity index (χ4n) is 1.64. The van der Waals surface area contributed by atoms with Gasteiger partial charge in [-0.15, -0.1) is 0 Å². The van der Waals surface area contributed by atoms with Crippen LogP contribution in [0.4, 0.5) is 0 Å². The maximum atomic E-state index is 11.4.